The molecule has 152 valence electrons. The number of rotatable bonds is 4. The number of nitro benzene ring substituents is 1. The van der Waals surface area contributed by atoms with E-state index in [2.05, 4.69) is 10.6 Å². The molecule has 4 rings (SSSR count). The minimum Gasteiger partial charge on any atom is -0.322 e. The Balaban J connectivity index is 1.55. The molecular formula is C20H16N4O6. The van der Waals surface area contributed by atoms with Gasteiger partial charge in [0.15, 0.2) is 0 Å². The fourth-order valence-corrected chi connectivity index (χ4v) is 3.63. The summed E-state index contributed by atoms with van der Waals surface area (Å²) in [5.41, 5.74) is 1.46. The van der Waals surface area contributed by atoms with E-state index >= 15 is 0 Å². The van der Waals surface area contributed by atoms with Crippen molar-refractivity contribution < 1.29 is 24.1 Å². The largest absolute Gasteiger partial charge is 0.322 e. The molecule has 1 atom stereocenters. The molecule has 30 heavy (non-hydrogen) atoms. The van der Waals surface area contributed by atoms with Gasteiger partial charge in [0.05, 0.1) is 4.92 Å². The molecule has 2 aliphatic rings. The predicted octanol–water partition coefficient (Wildman–Crippen LogP) is 1.61. The molecule has 1 saturated heterocycles. The number of nitrogens with one attached hydrogen (secondary N) is 2. The third kappa shape index (κ3) is 3.39. The van der Waals surface area contributed by atoms with E-state index in [1.807, 2.05) is 0 Å². The number of piperidine rings is 1. The molecule has 1 fully saturated rings. The highest BCUT2D eigenvalue weighted by atomic mass is 16.6. The van der Waals surface area contributed by atoms with E-state index in [0.717, 1.165) is 0 Å². The van der Waals surface area contributed by atoms with E-state index in [1.54, 1.807) is 18.2 Å². The van der Waals surface area contributed by atoms with E-state index < -0.39 is 22.8 Å². The van der Waals surface area contributed by atoms with E-state index in [4.69, 9.17) is 0 Å². The van der Waals surface area contributed by atoms with Crippen molar-refractivity contribution in [2.75, 3.05) is 5.32 Å². The highest BCUT2D eigenvalue weighted by molar-refractivity contribution is 6.08. The Bertz CT molecular complexity index is 1090. The number of imide groups is 1. The summed E-state index contributed by atoms with van der Waals surface area (Å²) in [6, 6.07) is 9.29. The number of anilines is 1. The molecule has 2 aliphatic heterocycles. The molecule has 0 spiro atoms. The van der Waals surface area contributed by atoms with Gasteiger partial charge in [-0.3, -0.25) is 34.6 Å². The lowest BCUT2D eigenvalue weighted by atomic mass is 10.0. The summed E-state index contributed by atoms with van der Waals surface area (Å²) in [6.07, 6.45) is 0.398. The first-order valence-corrected chi connectivity index (χ1v) is 9.17. The molecule has 0 bridgehead atoms. The van der Waals surface area contributed by atoms with Crippen molar-refractivity contribution in [1.82, 2.24) is 10.2 Å². The van der Waals surface area contributed by atoms with Crippen LogP contribution in [0.2, 0.25) is 0 Å². The Kier molecular flexibility index (Phi) is 4.74. The van der Waals surface area contributed by atoms with Crippen LogP contribution in [0.4, 0.5) is 11.4 Å². The summed E-state index contributed by atoms with van der Waals surface area (Å²) >= 11 is 0. The van der Waals surface area contributed by atoms with Crippen LogP contribution in [0.1, 0.15) is 39.1 Å². The topological polar surface area (TPSA) is 139 Å². The molecule has 0 aliphatic carbocycles. The standard InChI is InChI=1S/C20H16N4O6/c25-17-9-8-16(19(27)22-17)23-10-14-13(20(23)28)2-1-3-15(14)21-18(26)11-4-6-12(7-5-11)24(29)30/h1-7,16H,8-10H2,(H,21,26)(H,22,25,27). The number of nitrogens with zero attached hydrogens (tertiary/aromatic N) is 2. The van der Waals surface area contributed by atoms with Crippen molar-refractivity contribution in [2.45, 2.75) is 25.4 Å². The Morgan fingerprint density at radius 1 is 1.13 bits per heavy atom. The van der Waals surface area contributed by atoms with E-state index in [-0.39, 0.29) is 42.5 Å². The van der Waals surface area contributed by atoms with E-state index in [0.29, 0.717) is 16.8 Å². The normalized spacial score (nSPS) is 18.1. The number of fused-ring (bicyclic) bond motifs is 1. The maximum Gasteiger partial charge on any atom is 0.269 e. The lowest BCUT2D eigenvalue weighted by molar-refractivity contribution is -0.384. The molecule has 2 aromatic carbocycles. The van der Waals surface area contributed by atoms with Crippen LogP contribution >= 0.6 is 0 Å². The van der Waals surface area contributed by atoms with Crippen LogP contribution in [-0.2, 0) is 16.1 Å². The van der Waals surface area contributed by atoms with Crippen molar-refractivity contribution in [3.63, 3.8) is 0 Å². The Morgan fingerprint density at radius 3 is 2.53 bits per heavy atom. The Labute approximate surface area is 170 Å². The maximum absolute atomic E-state index is 12.8. The number of carbonyl (C=O) groups excluding carboxylic acids is 4. The number of non-ortho nitro benzene ring substituents is 1. The highest BCUT2D eigenvalue weighted by Gasteiger charge is 2.39. The van der Waals surface area contributed by atoms with Crippen molar-refractivity contribution in [3.05, 3.63) is 69.3 Å². The van der Waals surface area contributed by atoms with Gasteiger partial charge in [0, 0.05) is 47.5 Å². The fraction of sp³-hybridized carbons (Fsp3) is 0.200. The Morgan fingerprint density at radius 2 is 1.87 bits per heavy atom. The molecule has 0 aromatic heterocycles. The van der Waals surface area contributed by atoms with Gasteiger partial charge in [-0.05, 0) is 30.7 Å². The third-order valence-corrected chi connectivity index (χ3v) is 5.17. The number of nitro groups is 1. The molecular weight excluding hydrogens is 392 g/mol. The third-order valence-electron chi connectivity index (χ3n) is 5.17. The van der Waals surface area contributed by atoms with Gasteiger partial charge in [-0.15, -0.1) is 0 Å². The fourth-order valence-electron chi connectivity index (χ4n) is 3.63. The van der Waals surface area contributed by atoms with Crippen molar-refractivity contribution in [2.24, 2.45) is 0 Å². The molecule has 1 unspecified atom stereocenters. The smallest absolute Gasteiger partial charge is 0.269 e. The predicted molar refractivity (Wildman–Crippen MR) is 104 cm³/mol. The first-order valence-electron chi connectivity index (χ1n) is 9.17. The summed E-state index contributed by atoms with van der Waals surface area (Å²) in [5.74, 6) is -1.70. The average molecular weight is 408 g/mol. The molecule has 0 radical (unpaired) electrons. The number of benzene rings is 2. The van der Waals surface area contributed by atoms with E-state index in [1.165, 1.54) is 29.2 Å². The molecule has 10 nitrogen and oxygen atoms in total. The molecule has 2 N–H and O–H groups in total. The van der Waals surface area contributed by atoms with Gasteiger partial charge >= 0.3 is 0 Å². The monoisotopic (exact) mass is 408 g/mol. The average Bonchev–Trinajstić information content (AvgIpc) is 3.05. The first kappa shape index (κ1) is 19.2. The van der Waals surface area contributed by atoms with Crippen molar-refractivity contribution in [3.8, 4) is 0 Å². The van der Waals surface area contributed by atoms with Gasteiger partial charge in [-0.25, -0.2) is 0 Å². The van der Waals surface area contributed by atoms with Gasteiger partial charge in [0.25, 0.3) is 17.5 Å². The van der Waals surface area contributed by atoms with Crippen molar-refractivity contribution in [1.29, 1.82) is 0 Å². The number of amides is 4. The molecule has 4 amide bonds. The van der Waals surface area contributed by atoms with Gasteiger partial charge < -0.3 is 10.2 Å². The van der Waals surface area contributed by atoms with Gasteiger partial charge in [0.1, 0.15) is 6.04 Å². The quantitative estimate of drug-likeness (QED) is 0.448. The zero-order valence-corrected chi connectivity index (χ0v) is 15.6. The van der Waals surface area contributed by atoms with Crippen LogP contribution in [0.3, 0.4) is 0 Å². The lowest BCUT2D eigenvalue weighted by Crippen LogP contribution is -2.52. The summed E-state index contributed by atoms with van der Waals surface area (Å²) in [4.78, 5) is 60.5. The maximum atomic E-state index is 12.8. The summed E-state index contributed by atoms with van der Waals surface area (Å²) < 4.78 is 0. The van der Waals surface area contributed by atoms with Crippen LogP contribution in [0.25, 0.3) is 0 Å². The number of hydrogen-bond acceptors (Lipinski definition) is 6. The number of carbonyl (C=O) groups is 4. The summed E-state index contributed by atoms with van der Waals surface area (Å²) in [5, 5.41) is 15.7. The minimum atomic E-state index is -0.749. The van der Waals surface area contributed by atoms with Crippen LogP contribution in [0.5, 0.6) is 0 Å². The van der Waals surface area contributed by atoms with Gasteiger partial charge in [-0.2, -0.15) is 0 Å². The summed E-state index contributed by atoms with van der Waals surface area (Å²) in [6.45, 7) is 0.122. The second-order valence-corrected chi connectivity index (χ2v) is 6.99. The van der Waals surface area contributed by atoms with Gasteiger partial charge in [0.2, 0.25) is 11.8 Å². The van der Waals surface area contributed by atoms with Crippen LogP contribution < -0.4 is 10.6 Å². The molecule has 10 heteroatoms. The molecule has 2 aromatic rings. The van der Waals surface area contributed by atoms with Crippen LogP contribution in [-0.4, -0.2) is 39.5 Å². The second-order valence-electron chi connectivity index (χ2n) is 6.99. The second kappa shape index (κ2) is 7.39. The zero-order chi connectivity index (χ0) is 21.4. The van der Waals surface area contributed by atoms with Crippen LogP contribution in [0, 0.1) is 10.1 Å². The molecule has 0 saturated carbocycles. The summed E-state index contributed by atoms with van der Waals surface area (Å²) in [7, 11) is 0. The van der Waals surface area contributed by atoms with Crippen molar-refractivity contribution >= 4 is 35.0 Å². The van der Waals surface area contributed by atoms with Crippen LogP contribution in [0.15, 0.2) is 42.5 Å². The number of hydrogen-bond donors (Lipinski definition) is 2. The minimum absolute atomic E-state index is 0.122. The Hall–Kier alpha value is -4.08. The highest BCUT2D eigenvalue weighted by Crippen LogP contribution is 2.32. The SMILES string of the molecule is O=C1CCC(N2Cc3c(NC(=O)c4ccc([N+](=O)[O-])cc4)cccc3C2=O)C(=O)N1. The van der Waals surface area contributed by atoms with E-state index in [9.17, 15) is 29.3 Å². The molecule has 2 heterocycles. The first-order chi connectivity index (χ1) is 14.3. The van der Waals surface area contributed by atoms with Gasteiger partial charge in [-0.1, -0.05) is 6.07 Å². The lowest BCUT2D eigenvalue weighted by Gasteiger charge is -2.29. The zero-order valence-electron chi connectivity index (χ0n) is 15.6.